The summed E-state index contributed by atoms with van der Waals surface area (Å²) in [5, 5.41) is 0.969. The molecule has 1 heterocycles. The van der Waals surface area contributed by atoms with Crippen molar-refractivity contribution < 1.29 is 31.3 Å². The Labute approximate surface area is 154 Å². The normalized spacial score (nSPS) is 10.8. The van der Waals surface area contributed by atoms with Crippen LogP contribution in [-0.2, 0) is 4.74 Å². The summed E-state index contributed by atoms with van der Waals surface area (Å²) in [6.45, 7) is 10.2. The Morgan fingerprint density at radius 3 is 2.58 bits per heavy atom. The minimum atomic E-state index is -0.367. The van der Waals surface area contributed by atoms with Gasteiger partial charge in [-0.1, -0.05) is 18.2 Å². The second kappa shape index (κ2) is 10.6. The van der Waals surface area contributed by atoms with Gasteiger partial charge in [-0.25, -0.2) is 4.79 Å². The summed E-state index contributed by atoms with van der Waals surface area (Å²) in [7, 11) is 0. The van der Waals surface area contributed by atoms with Crippen molar-refractivity contribution in [2.45, 2.75) is 20.8 Å². The predicted molar refractivity (Wildman–Crippen MR) is 95.5 cm³/mol. The van der Waals surface area contributed by atoms with Crippen LogP contribution in [0.3, 0.4) is 0 Å². The number of quaternary nitrogens is 1. The number of furan rings is 1. The highest BCUT2D eigenvalue weighted by Crippen LogP contribution is 2.25. The molecule has 0 saturated heterocycles. The maximum absolute atomic E-state index is 12.1. The molecule has 0 bridgehead atoms. The van der Waals surface area contributed by atoms with Crippen LogP contribution in [-0.4, -0.2) is 43.7 Å². The van der Waals surface area contributed by atoms with E-state index in [2.05, 4.69) is 13.8 Å². The Balaban J connectivity index is 0.00000288. The summed E-state index contributed by atoms with van der Waals surface area (Å²) < 4.78 is 11.0. The van der Waals surface area contributed by atoms with Crippen molar-refractivity contribution in [2.75, 3.05) is 37.7 Å². The van der Waals surface area contributed by atoms with E-state index in [0.29, 0.717) is 12.4 Å². The van der Waals surface area contributed by atoms with Gasteiger partial charge < -0.3 is 26.5 Å². The van der Waals surface area contributed by atoms with Crippen molar-refractivity contribution in [1.29, 1.82) is 0 Å². The first kappa shape index (κ1) is 20.9. The summed E-state index contributed by atoms with van der Waals surface area (Å²) in [5.74, 6) is 1.88. The maximum Gasteiger partial charge on any atom is 0.374 e. The number of carbonyl (C=O) groups is 1. The summed E-state index contributed by atoms with van der Waals surface area (Å²) in [5.41, 5.74) is 1.58. The fraction of sp³-hybridized carbons (Fsp3) is 0.500. The number of hydrogen-bond acceptors (Lipinski definition) is 4. The van der Waals surface area contributed by atoms with Gasteiger partial charge in [-0.15, -0.1) is 0 Å². The first-order chi connectivity index (χ1) is 11.2. The van der Waals surface area contributed by atoms with Gasteiger partial charge in [0.25, 0.3) is 0 Å². The van der Waals surface area contributed by atoms with E-state index >= 15 is 0 Å². The van der Waals surface area contributed by atoms with Crippen LogP contribution in [0.4, 0.5) is 0 Å². The van der Waals surface area contributed by atoms with Crippen LogP contribution >= 0.6 is 11.8 Å². The number of ether oxygens (including phenoxy) is 1. The average molecular weight is 372 g/mol. The molecule has 24 heavy (non-hydrogen) atoms. The molecular weight excluding hydrogens is 346 g/mol. The number of halogens is 1. The van der Waals surface area contributed by atoms with Gasteiger partial charge in [0.15, 0.2) is 0 Å². The highest BCUT2D eigenvalue weighted by molar-refractivity contribution is 7.99. The third-order valence-corrected chi connectivity index (χ3v) is 5.04. The van der Waals surface area contributed by atoms with E-state index < -0.39 is 0 Å². The van der Waals surface area contributed by atoms with E-state index in [-0.39, 0.29) is 18.4 Å². The summed E-state index contributed by atoms with van der Waals surface area (Å²) in [6.07, 6.45) is 0. The van der Waals surface area contributed by atoms with Crippen LogP contribution in [0.15, 0.2) is 28.7 Å². The minimum Gasteiger partial charge on any atom is -1.00 e. The predicted octanol–water partition coefficient (Wildman–Crippen LogP) is -0.440. The lowest BCUT2D eigenvalue weighted by Crippen LogP contribution is -3.11. The topological polar surface area (TPSA) is 43.9 Å². The minimum absolute atomic E-state index is 0. The van der Waals surface area contributed by atoms with Gasteiger partial charge in [-0.3, -0.25) is 0 Å². The van der Waals surface area contributed by atoms with Crippen molar-refractivity contribution in [1.82, 2.24) is 0 Å². The van der Waals surface area contributed by atoms with Gasteiger partial charge in [0.2, 0.25) is 5.76 Å². The highest BCUT2D eigenvalue weighted by atomic mass is 35.5. The number of benzene rings is 1. The lowest BCUT2D eigenvalue weighted by Gasteiger charge is -2.14. The Bertz CT molecular complexity index is 640. The van der Waals surface area contributed by atoms with Crippen LogP contribution in [0, 0.1) is 6.92 Å². The fourth-order valence-electron chi connectivity index (χ4n) is 2.55. The smallest absolute Gasteiger partial charge is 0.374 e. The molecule has 1 aromatic carbocycles. The number of aryl methyl sites for hydroxylation is 1. The summed E-state index contributed by atoms with van der Waals surface area (Å²) in [6, 6.07) is 7.66. The number of thioether (sulfide) groups is 1. The first-order valence-electron chi connectivity index (χ1n) is 8.23. The molecule has 0 spiro atoms. The first-order valence-corrected chi connectivity index (χ1v) is 9.39. The molecule has 0 radical (unpaired) electrons. The Hall–Kier alpha value is -1.17. The highest BCUT2D eigenvalue weighted by Gasteiger charge is 2.18. The number of nitrogens with one attached hydrogen (secondary N) is 1. The van der Waals surface area contributed by atoms with Crippen molar-refractivity contribution >= 4 is 28.7 Å². The third-order valence-electron chi connectivity index (χ3n) is 4.09. The average Bonchev–Trinajstić information content (AvgIpc) is 2.91. The molecule has 1 aromatic heterocycles. The Morgan fingerprint density at radius 1 is 1.21 bits per heavy atom. The third kappa shape index (κ3) is 5.43. The molecule has 0 aliphatic rings. The van der Waals surface area contributed by atoms with E-state index in [1.165, 1.54) is 0 Å². The SMILES string of the molecule is CC[NH+](CC)CCSCCOC(=O)c1oc2ccccc2c1C.[Cl-]. The van der Waals surface area contributed by atoms with E-state index in [1.807, 2.05) is 43.0 Å². The molecule has 0 fully saturated rings. The second-order valence-corrected chi connectivity index (χ2v) is 6.73. The van der Waals surface area contributed by atoms with Crippen LogP contribution in [0.1, 0.15) is 30.0 Å². The molecular formula is C18H26ClNO3S. The molecule has 2 rings (SSSR count). The molecule has 0 aliphatic carbocycles. The lowest BCUT2D eigenvalue weighted by molar-refractivity contribution is -0.893. The zero-order valence-electron chi connectivity index (χ0n) is 14.6. The number of para-hydroxylation sites is 1. The number of rotatable bonds is 9. The molecule has 0 unspecified atom stereocenters. The number of esters is 1. The van der Waals surface area contributed by atoms with Crippen LogP contribution in [0.2, 0.25) is 0 Å². The molecule has 134 valence electrons. The maximum atomic E-state index is 12.1. The molecule has 1 N–H and O–H groups in total. The molecule has 0 atom stereocenters. The Kier molecular flexibility index (Phi) is 9.26. The van der Waals surface area contributed by atoms with E-state index in [9.17, 15) is 4.79 Å². The summed E-state index contributed by atoms with van der Waals surface area (Å²) in [4.78, 5) is 13.7. The fourth-order valence-corrected chi connectivity index (χ4v) is 3.39. The number of carbonyl (C=O) groups excluding carboxylic acids is 1. The largest absolute Gasteiger partial charge is 1.00 e. The quantitative estimate of drug-likeness (QED) is 0.479. The molecule has 6 heteroatoms. The van der Waals surface area contributed by atoms with Gasteiger partial charge in [-0.2, -0.15) is 11.8 Å². The Morgan fingerprint density at radius 2 is 1.92 bits per heavy atom. The molecule has 0 saturated carbocycles. The zero-order chi connectivity index (χ0) is 16.7. The van der Waals surface area contributed by atoms with E-state index in [4.69, 9.17) is 9.15 Å². The van der Waals surface area contributed by atoms with E-state index in [1.54, 1.807) is 4.90 Å². The van der Waals surface area contributed by atoms with Crippen LogP contribution in [0.5, 0.6) is 0 Å². The summed E-state index contributed by atoms with van der Waals surface area (Å²) >= 11 is 1.83. The van der Waals surface area contributed by atoms with Crippen LogP contribution in [0.25, 0.3) is 11.0 Å². The van der Waals surface area contributed by atoms with Gasteiger partial charge in [0.1, 0.15) is 12.2 Å². The van der Waals surface area contributed by atoms with E-state index in [0.717, 1.165) is 47.7 Å². The standard InChI is InChI=1S/C18H25NO3S.ClH/c1-4-19(5-2)10-12-23-13-11-21-18(20)17-14(3)15-8-6-7-9-16(15)22-17;/h6-9H,4-5,10-13H2,1-3H3;1H. The van der Waals surface area contributed by atoms with Gasteiger partial charge in [0, 0.05) is 22.5 Å². The number of hydrogen-bond donors (Lipinski definition) is 1. The van der Waals surface area contributed by atoms with Gasteiger partial charge in [-0.05, 0) is 26.8 Å². The van der Waals surface area contributed by atoms with Gasteiger partial charge in [0.05, 0.1) is 19.6 Å². The van der Waals surface area contributed by atoms with Crippen molar-refractivity contribution in [3.8, 4) is 0 Å². The zero-order valence-corrected chi connectivity index (χ0v) is 16.1. The second-order valence-electron chi connectivity index (χ2n) is 5.51. The van der Waals surface area contributed by atoms with Crippen LogP contribution < -0.4 is 17.3 Å². The molecule has 0 aliphatic heterocycles. The lowest BCUT2D eigenvalue weighted by atomic mass is 10.1. The molecule has 0 amide bonds. The number of fused-ring (bicyclic) bond motifs is 1. The molecule has 4 nitrogen and oxygen atoms in total. The molecule has 2 aromatic rings. The van der Waals surface area contributed by atoms with Crippen molar-refractivity contribution in [2.24, 2.45) is 0 Å². The van der Waals surface area contributed by atoms with Gasteiger partial charge >= 0.3 is 5.97 Å². The monoisotopic (exact) mass is 371 g/mol. The van der Waals surface area contributed by atoms with Crippen molar-refractivity contribution in [3.05, 3.63) is 35.6 Å². The van der Waals surface area contributed by atoms with Crippen molar-refractivity contribution in [3.63, 3.8) is 0 Å².